The zero-order valence-electron chi connectivity index (χ0n) is 14.1. The number of ketones is 1. The number of halogens is 2. The second-order valence-corrected chi connectivity index (χ2v) is 7.31. The molecule has 0 saturated heterocycles. The molecule has 0 unspecified atom stereocenters. The SMILES string of the molecule is CNCC(=O)CCN1c2ccccc2N(c2ccccc2F)S1(=O)=O.Cl. The molecular weight excluding hydrogens is 381 g/mol. The highest BCUT2D eigenvalue weighted by Gasteiger charge is 2.42. The molecule has 9 heteroatoms. The third-order valence-electron chi connectivity index (χ3n) is 3.92. The average molecular weight is 400 g/mol. The highest BCUT2D eigenvalue weighted by molar-refractivity contribution is 7.95. The molecule has 6 nitrogen and oxygen atoms in total. The minimum absolute atomic E-state index is 0. The standard InChI is InChI=1S/C17H18FN3O3S.ClH/c1-19-12-13(22)10-11-20-16-8-4-5-9-17(16)21(25(20,23)24)15-7-3-2-6-14(15)18;/h2-9,19H,10-12H2,1H3;1H. The van der Waals surface area contributed by atoms with Gasteiger partial charge in [-0.3, -0.25) is 9.10 Å². The van der Waals surface area contributed by atoms with Gasteiger partial charge in [0.1, 0.15) is 11.6 Å². The number of nitrogens with one attached hydrogen (secondary N) is 1. The zero-order valence-corrected chi connectivity index (χ0v) is 15.7. The van der Waals surface area contributed by atoms with Crippen molar-refractivity contribution in [2.45, 2.75) is 6.42 Å². The Labute approximate surface area is 158 Å². The fourth-order valence-electron chi connectivity index (χ4n) is 2.81. The zero-order chi connectivity index (χ0) is 18.0. The van der Waals surface area contributed by atoms with E-state index in [4.69, 9.17) is 0 Å². The van der Waals surface area contributed by atoms with Crippen LogP contribution in [-0.4, -0.2) is 34.3 Å². The third kappa shape index (κ3) is 3.53. The van der Waals surface area contributed by atoms with Crippen molar-refractivity contribution in [3.8, 4) is 0 Å². The molecule has 1 aliphatic rings. The van der Waals surface area contributed by atoms with Crippen LogP contribution in [-0.2, 0) is 15.0 Å². The van der Waals surface area contributed by atoms with Gasteiger partial charge < -0.3 is 5.32 Å². The molecule has 0 amide bonds. The van der Waals surface area contributed by atoms with Crippen molar-refractivity contribution in [1.29, 1.82) is 0 Å². The first kappa shape index (κ1) is 20.2. The molecule has 0 fully saturated rings. The van der Waals surface area contributed by atoms with Crippen molar-refractivity contribution in [1.82, 2.24) is 5.32 Å². The summed E-state index contributed by atoms with van der Waals surface area (Å²) in [6.07, 6.45) is 0.0690. The molecular formula is C17H19ClFN3O3S. The van der Waals surface area contributed by atoms with Gasteiger partial charge in [0.25, 0.3) is 0 Å². The summed E-state index contributed by atoms with van der Waals surface area (Å²) in [5.41, 5.74) is 0.760. The number of fused-ring (bicyclic) bond motifs is 1. The van der Waals surface area contributed by atoms with Gasteiger partial charge in [-0.15, -0.1) is 12.4 Å². The summed E-state index contributed by atoms with van der Waals surface area (Å²) in [7, 11) is -2.37. The Morgan fingerprint density at radius 2 is 1.62 bits per heavy atom. The molecule has 2 aromatic carbocycles. The second-order valence-electron chi connectivity index (χ2n) is 5.60. The number of hydrogen-bond acceptors (Lipinski definition) is 4. The molecule has 1 N–H and O–H groups in total. The van der Waals surface area contributed by atoms with Gasteiger partial charge in [-0.25, -0.2) is 8.70 Å². The van der Waals surface area contributed by atoms with Crippen molar-refractivity contribution in [2.24, 2.45) is 0 Å². The average Bonchev–Trinajstić information content (AvgIpc) is 2.80. The van der Waals surface area contributed by atoms with E-state index < -0.39 is 16.0 Å². The monoisotopic (exact) mass is 399 g/mol. The number of carbonyl (C=O) groups excluding carboxylic acids is 1. The van der Waals surface area contributed by atoms with Crippen LogP contribution < -0.4 is 13.9 Å². The van der Waals surface area contributed by atoms with Gasteiger partial charge in [-0.1, -0.05) is 24.3 Å². The van der Waals surface area contributed by atoms with E-state index in [1.165, 1.54) is 18.2 Å². The predicted octanol–water partition coefficient (Wildman–Crippen LogP) is 2.63. The lowest BCUT2D eigenvalue weighted by Gasteiger charge is -2.22. The Hall–Kier alpha value is -2.16. The highest BCUT2D eigenvalue weighted by atomic mass is 35.5. The Kier molecular flexibility index (Phi) is 6.22. The maximum Gasteiger partial charge on any atom is 0.331 e. The van der Waals surface area contributed by atoms with E-state index in [1.807, 2.05) is 0 Å². The lowest BCUT2D eigenvalue weighted by molar-refractivity contribution is -0.117. The first-order chi connectivity index (χ1) is 12.0. The van der Waals surface area contributed by atoms with Crippen molar-refractivity contribution < 1.29 is 17.6 Å². The Morgan fingerprint density at radius 1 is 1.04 bits per heavy atom. The predicted molar refractivity (Wildman–Crippen MR) is 102 cm³/mol. The minimum atomic E-state index is -4.02. The van der Waals surface area contributed by atoms with Crippen LogP contribution in [0.1, 0.15) is 6.42 Å². The number of anilines is 3. The van der Waals surface area contributed by atoms with Crippen LogP contribution in [0.2, 0.25) is 0 Å². The molecule has 0 saturated carbocycles. The fraction of sp³-hybridized carbons (Fsp3) is 0.235. The van der Waals surface area contributed by atoms with Gasteiger partial charge in [-0.2, -0.15) is 8.42 Å². The van der Waals surface area contributed by atoms with E-state index in [0.29, 0.717) is 11.4 Å². The van der Waals surface area contributed by atoms with E-state index >= 15 is 0 Å². The van der Waals surface area contributed by atoms with Crippen molar-refractivity contribution in [3.05, 3.63) is 54.3 Å². The first-order valence-electron chi connectivity index (χ1n) is 7.79. The lowest BCUT2D eigenvalue weighted by atomic mass is 10.2. The lowest BCUT2D eigenvalue weighted by Crippen LogP contribution is -2.37. The number of para-hydroxylation sites is 3. The number of rotatable bonds is 6. The summed E-state index contributed by atoms with van der Waals surface area (Å²) in [4.78, 5) is 11.8. The summed E-state index contributed by atoms with van der Waals surface area (Å²) in [6, 6.07) is 12.4. The largest absolute Gasteiger partial charge is 0.331 e. The van der Waals surface area contributed by atoms with E-state index in [1.54, 1.807) is 37.4 Å². The molecule has 2 aromatic rings. The molecule has 1 heterocycles. The summed E-state index contributed by atoms with van der Waals surface area (Å²) in [6.45, 7) is 0.178. The first-order valence-corrected chi connectivity index (χ1v) is 9.19. The molecule has 3 rings (SSSR count). The number of hydrogen-bond donors (Lipinski definition) is 1. The van der Waals surface area contributed by atoms with E-state index in [-0.39, 0.29) is 43.4 Å². The topological polar surface area (TPSA) is 69.7 Å². The molecule has 140 valence electrons. The van der Waals surface area contributed by atoms with Gasteiger partial charge in [0.2, 0.25) is 0 Å². The third-order valence-corrected chi connectivity index (χ3v) is 5.71. The Balaban J connectivity index is 0.00000243. The van der Waals surface area contributed by atoms with Crippen LogP contribution in [0.15, 0.2) is 48.5 Å². The molecule has 0 aliphatic carbocycles. The van der Waals surface area contributed by atoms with Crippen molar-refractivity contribution >= 4 is 45.5 Å². The van der Waals surface area contributed by atoms with Gasteiger partial charge in [0.15, 0.2) is 0 Å². The van der Waals surface area contributed by atoms with E-state index in [9.17, 15) is 17.6 Å². The van der Waals surface area contributed by atoms with Crippen molar-refractivity contribution in [2.75, 3.05) is 28.7 Å². The van der Waals surface area contributed by atoms with Crippen molar-refractivity contribution in [3.63, 3.8) is 0 Å². The number of Topliss-reactive ketones (excluding diaryl/α,β-unsaturated/α-hetero) is 1. The molecule has 1 aliphatic heterocycles. The smallest absolute Gasteiger partial charge is 0.313 e. The molecule has 0 spiro atoms. The number of nitrogens with zero attached hydrogens (tertiary/aromatic N) is 2. The van der Waals surface area contributed by atoms with Crippen LogP contribution in [0.3, 0.4) is 0 Å². The normalized spacial score (nSPS) is 14.7. The van der Waals surface area contributed by atoms with Crippen LogP contribution in [0.25, 0.3) is 0 Å². The van der Waals surface area contributed by atoms with Crippen LogP contribution in [0, 0.1) is 5.82 Å². The molecule has 0 aromatic heterocycles. The van der Waals surface area contributed by atoms with E-state index in [2.05, 4.69) is 5.32 Å². The van der Waals surface area contributed by atoms with Crippen LogP contribution in [0.5, 0.6) is 0 Å². The number of benzene rings is 2. The van der Waals surface area contributed by atoms with E-state index in [0.717, 1.165) is 8.61 Å². The summed E-state index contributed by atoms with van der Waals surface area (Å²) in [5.74, 6) is -0.728. The Bertz CT molecular complexity index is 908. The maximum atomic E-state index is 14.2. The summed E-state index contributed by atoms with van der Waals surface area (Å²) < 4.78 is 42.4. The van der Waals surface area contributed by atoms with Crippen LogP contribution >= 0.6 is 12.4 Å². The highest BCUT2D eigenvalue weighted by Crippen LogP contribution is 2.45. The summed E-state index contributed by atoms with van der Waals surface area (Å²) in [5, 5.41) is 2.75. The maximum absolute atomic E-state index is 14.2. The van der Waals surface area contributed by atoms with Gasteiger partial charge in [0.05, 0.1) is 23.6 Å². The quantitative estimate of drug-likeness (QED) is 0.810. The molecule has 26 heavy (non-hydrogen) atoms. The Morgan fingerprint density at radius 3 is 2.23 bits per heavy atom. The second kappa shape index (κ2) is 8.03. The summed E-state index contributed by atoms with van der Waals surface area (Å²) >= 11 is 0. The molecule has 0 bridgehead atoms. The molecule has 0 atom stereocenters. The number of likely N-dealkylation sites (N-methyl/N-ethyl adjacent to an activating group) is 1. The number of carbonyl (C=O) groups is 1. The molecule has 0 radical (unpaired) electrons. The van der Waals surface area contributed by atoms with Gasteiger partial charge in [0, 0.05) is 13.0 Å². The fourth-order valence-corrected chi connectivity index (χ4v) is 4.53. The minimum Gasteiger partial charge on any atom is -0.313 e. The van der Waals surface area contributed by atoms with Gasteiger partial charge in [-0.05, 0) is 31.3 Å². The van der Waals surface area contributed by atoms with Crippen LogP contribution in [0.4, 0.5) is 21.5 Å². The van der Waals surface area contributed by atoms with Gasteiger partial charge >= 0.3 is 10.2 Å².